The molecule has 1 aliphatic carbocycles. The van der Waals surface area contributed by atoms with Crippen LogP contribution in [0, 0.1) is 0 Å². The van der Waals surface area contributed by atoms with Crippen LogP contribution < -0.4 is 5.32 Å². The summed E-state index contributed by atoms with van der Waals surface area (Å²) in [5.41, 5.74) is 0. The Morgan fingerprint density at radius 3 is 2.27 bits per heavy atom. The summed E-state index contributed by atoms with van der Waals surface area (Å²) in [6.07, 6.45) is 4.05. The molecule has 0 aromatic carbocycles. The minimum Gasteiger partial charge on any atom is -0.382 e. The van der Waals surface area contributed by atoms with Gasteiger partial charge in [-0.15, -0.1) is 0 Å². The third-order valence-electron chi connectivity index (χ3n) is 2.59. The highest BCUT2D eigenvalue weighted by atomic mass is 16.5. The summed E-state index contributed by atoms with van der Waals surface area (Å²) in [5, 5.41) is 3.44. The van der Waals surface area contributed by atoms with Crippen LogP contribution >= 0.6 is 0 Å². The van der Waals surface area contributed by atoms with Gasteiger partial charge in [-0.25, -0.2) is 0 Å². The highest BCUT2D eigenvalue weighted by molar-refractivity contribution is 4.75. The summed E-state index contributed by atoms with van der Waals surface area (Å²) >= 11 is 0. The maximum Gasteiger partial charge on any atom is 0.0701 e. The molecule has 1 rings (SSSR count). The van der Waals surface area contributed by atoms with Crippen molar-refractivity contribution in [2.75, 3.05) is 46.7 Å². The lowest BCUT2D eigenvalue weighted by Crippen LogP contribution is -2.37. The SMILES string of the molecule is COCCOCCOCCNC1CCC1. The van der Waals surface area contributed by atoms with Crippen LogP contribution in [-0.4, -0.2) is 52.7 Å². The van der Waals surface area contributed by atoms with Crippen LogP contribution in [0.25, 0.3) is 0 Å². The van der Waals surface area contributed by atoms with Crippen LogP contribution in [0.1, 0.15) is 19.3 Å². The molecule has 0 spiro atoms. The first-order chi connectivity index (χ1) is 7.43. The van der Waals surface area contributed by atoms with Crippen molar-refractivity contribution < 1.29 is 14.2 Å². The average Bonchev–Trinajstić information content (AvgIpc) is 2.18. The molecule has 0 aliphatic heterocycles. The van der Waals surface area contributed by atoms with Gasteiger partial charge in [0, 0.05) is 19.7 Å². The standard InChI is InChI=1S/C11H23NO3/c1-13-7-8-15-10-9-14-6-5-12-11-3-2-4-11/h11-12H,2-10H2,1H3. The van der Waals surface area contributed by atoms with Crippen LogP contribution in [-0.2, 0) is 14.2 Å². The normalized spacial score (nSPS) is 16.6. The van der Waals surface area contributed by atoms with Crippen LogP contribution in [0.4, 0.5) is 0 Å². The minimum absolute atomic E-state index is 0.653. The van der Waals surface area contributed by atoms with Crippen molar-refractivity contribution in [1.29, 1.82) is 0 Å². The van der Waals surface area contributed by atoms with Gasteiger partial charge < -0.3 is 19.5 Å². The monoisotopic (exact) mass is 217 g/mol. The summed E-state index contributed by atoms with van der Waals surface area (Å²) in [7, 11) is 1.67. The van der Waals surface area contributed by atoms with Gasteiger partial charge in [0.05, 0.1) is 33.0 Å². The summed E-state index contributed by atoms with van der Waals surface area (Å²) in [6, 6.07) is 0.756. The lowest BCUT2D eigenvalue weighted by atomic mass is 9.93. The molecule has 4 heteroatoms. The molecule has 4 nitrogen and oxygen atoms in total. The number of hydrogen-bond donors (Lipinski definition) is 1. The predicted molar refractivity (Wildman–Crippen MR) is 59.2 cm³/mol. The van der Waals surface area contributed by atoms with E-state index in [1.807, 2.05) is 0 Å². The fourth-order valence-electron chi connectivity index (χ4n) is 1.41. The van der Waals surface area contributed by atoms with Gasteiger partial charge in [0.25, 0.3) is 0 Å². The second-order valence-corrected chi connectivity index (χ2v) is 3.80. The third-order valence-corrected chi connectivity index (χ3v) is 2.59. The lowest BCUT2D eigenvalue weighted by molar-refractivity contribution is 0.0248. The molecule has 0 radical (unpaired) electrons. The van der Waals surface area contributed by atoms with Crippen molar-refractivity contribution in [3.8, 4) is 0 Å². The van der Waals surface area contributed by atoms with E-state index in [-0.39, 0.29) is 0 Å². The lowest BCUT2D eigenvalue weighted by Gasteiger charge is -2.26. The first-order valence-electron chi connectivity index (χ1n) is 5.81. The third kappa shape index (κ3) is 6.84. The van der Waals surface area contributed by atoms with Gasteiger partial charge in [-0.3, -0.25) is 0 Å². The van der Waals surface area contributed by atoms with E-state index in [2.05, 4.69) is 5.32 Å². The van der Waals surface area contributed by atoms with Gasteiger partial charge in [0.1, 0.15) is 0 Å². The molecule has 1 saturated carbocycles. The Hall–Kier alpha value is -0.160. The van der Waals surface area contributed by atoms with Gasteiger partial charge in [-0.2, -0.15) is 0 Å². The van der Waals surface area contributed by atoms with E-state index in [0.717, 1.165) is 19.2 Å². The fourth-order valence-corrected chi connectivity index (χ4v) is 1.41. The zero-order valence-electron chi connectivity index (χ0n) is 9.67. The predicted octanol–water partition coefficient (Wildman–Crippen LogP) is 0.808. The van der Waals surface area contributed by atoms with Crippen LogP contribution in [0.2, 0.25) is 0 Å². The van der Waals surface area contributed by atoms with E-state index in [9.17, 15) is 0 Å². The molecular weight excluding hydrogens is 194 g/mol. The number of rotatable bonds is 10. The number of methoxy groups -OCH3 is 1. The van der Waals surface area contributed by atoms with Gasteiger partial charge in [0.2, 0.25) is 0 Å². The van der Waals surface area contributed by atoms with E-state index < -0.39 is 0 Å². The van der Waals surface area contributed by atoms with Gasteiger partial charge in [0.15, 0.2) is 0 Å². The molecule has 1 aliphatic rings. The highest BCUT2D eigenvalue weighted by Gasteiger charge is 2.15. The Balaban J connectivity index is 1.66. The Labute approximate surface area is 92.3 Å². The molecule has 0 aromatic rings. The average molecular weight is 217 g/mol. The van der Waals surface area contributed by atoms with E-state index in [1.54, 1.807) is 7.11 Å². The second-order valence-electron chi connectivity index (χ2n) is 3.80. The molecule has 0 unspecified atom stereocenters. The van der Waals surface area contributed by atoms with Gasteiger partial charge >= 0.3 is 0 Å². The van der Waals surface area contributed by atoms with Crippen LogP contribution in [0.15, 0.2) is 0 Å². The first kappa shape index (κ1) is 12.9. The van der Waals surface area contributed by atoms with Crippen molar-refractivity contribution in [1.82, 2.24) is 5.32 Å². The Morgan fingerprint density at radius 1 is 1.00 bits per heavy atom. The largest absolute Gasteiger partial charge is 0.382 e. The van der Waals surface area contributed by atoms with Crippen molar-refractivity contribution in [2.45, 2.75) is 25.3 Å². The molecule has 0 amide bonds. The minimum atomic E-state index is 0.653. The Kier molecular flexibility index (Phi) is 7.83. The van der Waals surface area contributed by atoms with Gasteiger partial charge in [-0.1, -0.05) is 6.42 Å². The summed E-state index contributed by atoms with van der Waals surface area (Å²) in [6.45, 7) is 4.39. The van der Waals surface area contributed by atoms with Crippen molar-refractivity contribution in [2.24, 2.45) is 0 Å². The quantitative estimate of drug-likeness (QED) is 0.550. The van der Waals surface area contributed by atoms with Crippen molar-refractivity contribution >= 4 is 0 Å². The molecule has 0 saturated heterocycles. The molecule has 15 heavy (non-hydrogen) atoms. The van der Waals surface area contributed by atoms with Gasteiger partial charge in [-0.05, 0) is 12.8 Å². The number of nitrogens with one attached hydrogen (secondary N) is 1. The smallest absolute Gasteiger partial charge is 0.0701 e. The van der Waals surface area contributed by atoms with E-state index in [1.165, 1.54) is 19.3 Å². The Morgan fingerprint density at radius 2 is 1.67 bits per heavy atom. The topological polar surface area (TPSA) is 39.7 Å². The zero-order valence-corrected chi connectivity index (χ0v) is 9.67. The van der Waals surface area contributed by atoms with E-state index in [0.29, 0.717) is 26.4 Å². The summed E-state index contributed by atoms with van der Waals surface area (Å²) < 4.78 is 15.5. The molecule has 0 heterocycles. The molecule has 0 bridgehead atoms. The Bertz CT molecular complexity index is 140. The molecule has 0 aromatic heterocycles. The molecule has 90 valence electrons. The van der Waals surface area contributed by atoms with Crippen molar-refractivity contribution in [3.63, 3.8) is 0 Å². The first-order valence-corrected chi connectivity index (χ1v) is 5.81. The fraction of sp³-hybridized carbons (Fsp3) is 1.00. The van der Waals surface area contributed by atoms with Crippen molar-refractivity contribution in [3.05, 3.63) is 0 Å². The van der Waals surface area contributed by atoms with Crippen LogP contribution in [0.5, 0.6) is 0 Å². The summed E-state index contributed by atoms with van der Waals surface area (Å²) in [5.74, 6) is 0. The number of ether oxygens (including phenoxy) is 3. The maximum absolute atomic E-state index is 5.40. The molecule has 1 N–H and O–H groups in total. The number of hydrogen-bond acceptors (Lipinski definition) is 4. The van der Waals surface area contributed by atoms with E-state index in [4.69, 9.17) is 14.2 Å². The van der Waals surface area contributed by atoms with E-state index >= 15 is 0 Å². The summed E-state index contributed by atoms with van der Waals surface area (Å²) in [4.78, 5) is 0. The maximum atomic E-state index is 5.40. The molecule has 1 fully saturated rings. The van der Waals surface area contributed by atoms with Crippen LogP contribution in [0.3, 0.4) is 0 Å². The molecule has 0 atom stereocenters. The molecular formula is C11H23NO3. The second kappa shape index (κ2) is 9.09. The zero-order chi connectivity index (χ0) is 10.8. The highest BCUT2D eigenvalue weighted by Crippen LogP contribution is 2.17.